The molecular formula is C18H28N4O3S. The molecule has 0 unspecified atom stereocenters. The van der Waals surface area contributed by atoms with Gasteiger partial charge in [0, 0.05) is 45.0 Å². The molecule has 0 radical (unpaired) electrons. The molecule has 8 heteroatoms. The van der Waals surface area contributed by atoms with E-state index in [9.17, 15) is 13.2 Å². The van der Waals surface area contributed by atoms with Gasteiger partial charge in [-0.3, -0.25) is 4.79 Å². The van der Waals surface area contributed by atoms with Crippen LogP contribution in [0.1, 0.15) is 48.9 Å². The van der Waals surface area contributed by atoms with Crippen LogP contribution in [-0.2, 0) is 10.0 Å². The van der Waals surface area contributed by atoms with E-state index in [2.05, 4.69) is 9.71 Å². The summed E-state index contributed by atoms with van der Waals surface area (Å²) in [7, 11) is 0.338. The van der Waals surface area contributed by atoms with Gasteiger partial charge in [-0.2, -0.15) is 0 Å². The zero-order valence-electron chi connectivity index (χ0n) is 15.5. The number of likely N-dealkylation sites (tertiary alicyclic amines) is 1. The van der Waals surface area contributed by atoms with E-state index in [1.54, 1.807) is 23.2 Å². The van der Waals surface area contributed by atoms with E-state index in [4.69, 9.17) is 0 Å². The summed E-state index contributed by atoms with van der Waals surface area (Å²) >= 11 is 0. The van der Waals surface area contributed by atoms with Crippen molar-refractivity contribution in [2.45, 2.75) is 49.8 Å². The molecule has 1 aromatic rings. The minimum atomic E-state index is -3.40. The first-order chi connectivity index (χ1) is 12.4. The Morgan fingerprint density at radius 1 is 1.23 bits per heavy atom. The van der Waals surface area contributed by atoms with Crippen LogP contribution in [0.3, 0.4) is 0 Å². The molecule has 2 aliphatic rings. The predicted octanol–water partition coefficient (Wildman–Crippen LogP) is 1.61. The summed E-state index contributed by atoms with van der Waals surface area (Å²) in [6, 6.07) is 3.50. The molecule has 0 bridgehead atoms. The van der Waals surface area contributed by atoms with Crippen molar-refractivity contribution in [2.75, 3.05) is 32.1 Å². The highest BCUT2D eigenvalue weighted by atomic mass is 32.2. The van der Waals surface area contributed by atoms with E-state index in [-0.39, 0.29) is 18.5 Å². The van der Waals surface area contributed by atoms with E-state index in [0.717, 1.165) is 25.7 Å². The molecule has 1 amide bonds. The highest BCUT2D eigenvalue weighted by Gasteiger charge is 2.34. The standard InChI is InChI=1S/C18H28N4O3S/c1-21(2)17-12-14(9-10-19-17)18(23)22-11-5-8-16(13-22)26(24,25)20-15-6-3-4-7-15/h9-10,12,15-16,20H,3-8,11,13H2,1-2H3/t16-/m1/s1. The van der Waals surface area contributed by atoms with Crippen molar-refractivity contribution >= 4 is 21.7 Å². The summed E-state index contributed by atoms with van der Waals surface area (Å²) in [5.74, 6) is 0.580. The average molecular weight is 381 g/mol. The second kappa shape index (κ2) is 7.92. The van der Waals surface area contributed by atoms with E-state index < -0.39 is 15.3 Å². The van der Waals surface area contributed by atoms with Gasteiger partial charge in [0.1, 0.15) is 5.82 Å². The van der Waals surface area contributed by atoms with Gasteiger partial charge in [-0.1, -0.05) is 12.8 Å². The molecule has 3 rings (SSSR count). The number of piperidine rings is 1. The van der Waals surface area contributed by atoms with Gasteiger partial charge >= 0.3 is 0 Å². The molecule has 0 spiro atoms. The van der Waals surface area contributed by atoms with E-state index in [0.29, 0.717) is 30.8 Å². The number of hydrogen-bond donors (Lipinski definition) is 1. The Morgan fingerprint density at radius 3 is 2.65 bits per heavy atom. The maximum absolute atomic E-state index is 12.9. The van der Waals surface area contributed by atoms with Crippen molar-refractivity contribution in [3.63, 3.8) is 0 Å². The van der Waals surface area contributed by atoms with Crippen molar-refractivity contribution < 1.29 is 13.2 Å². The Bertz CT molecular complexity index is 745. The lowest BCUT2D eigenvalue weighted by atomic mass is 10.1. The third kappa shape index (κ3) is 4.35. The first-order valence-corrected chi connectivity index (χ1v) is 10.9. The van der Waals surface area contributed by atoms with Crippen molar-refractivity contribution in [1.82, 2.24) is 14.6 Å². The minimum Gasteiger partial charge on any atom is -0.363 e. The quantitative estimate of drug-likeness (QED) is 0.839. The topological polar surface area (TPSA) is 82.6 Å². The number of hydrogen-bond acceptors (Lipinski definition) is 5. The minimum absolute atomic E-state index is 0.0638. The first kappa shape index (κ1) is 19.1. The van der Waals surface area contributed by atoms with Crippen LogP contribution in [0, 0.1) is 0 Å². The molecule has 2 heterocycles. The lowest BCUT2D eigenvalue weighted by Gasteiger charge is -2.33. The van der Waals surface area contributed by atoms with Crippen LogP contribution in [-0.4, -0.2) is 62.7 Å². The van der Waals surface area contributed by atoms with Gasteiger partial charge in [-0.25, -0.2) is 18.1 Å². The van der Waals surface area contributed by atoms with Gasteiger partial charge in [0.15, 0.2) is 0 Å². The van der Waals surface area contributed by atoms with E-state index in [1.165, 1.54) is 0 Å². The maximum Gasteiger partial charge on any atom is 0.254 e. The van der Waals surface area contributed by atoms with E-state index in [1.807, 2.05) is 19.0 Å². The molecule has 144 valence electrons. The molecule has 1 aliphatic heterocycles. The molecule has 0 aromatic carbocycles. The molecule has 7 nitrogen and oxygen atoms in total. The lowest BCUT2D eigenvalue weighted by molar-refractivity contribution is 0.0726. The van der Waals surface area contributed by atoms with Crippen LogP contribution in [0.15, 0.2) is 18.3 Å². The predicted molar refractivity (Wildman–Crippen MR) is 102 cm³/mol. The summed E-state index contributed by atoms with van der Waals surface area (Å²) in [5, 5.41) is -0.532. The molecule has 1 aromatic heterocycles. The third-order valence-corrected chi connectivity index (χ3v) is 7.17. The largest absolute Gasteiger partial charge is 0.363 e. The molecule has 1 N–H and O–H groups in total. The normalized spacial score (nSPS) is 21.8. The molecular weight excluding hydrogens is 352 g/mol. The maximum atomic E-state index is 12.9. The summed E-state index contributed by atoms with van der Waals surface area (Å²) in [5.41, 5.74) is 0.547. The Hall–Kier alpha value is -1.67. The lowest BCUT2D eigenvalue weighted by Crippen LogP contribution is -2.49. The fourth-order valence-corrected chi connectivity index (χ4v) is 5.47. The second-order valence-electron chi connectivity index (χ2n) is 7.46. The number of carbonyl (C=O) groups is 1. The fraction of sp³-hybridized carbons (Fsp3) is 0.667. The zero-order valence-corrected chi connectivity index (χ0v) is 16.3. The van der Waals surface area contributed by atoms with Crippen LogP contribution >= 0.6 is 0 Å². The van der Waals surface area contributed by atoms with Crippen molar-refractivity contribution in [1.29, 1.82) is 0 Å². The number of sulfonamides is 1. The number of rotatable bonds is 5. The molecule has 2 fully saturated rings. The number of nitrogens with zero attached hydrogens (tertiary/aromatic N) is 3. The van der Waals surface area contributed by atoms with Crippen molar-refractivity contribution in [3.05, 3.63) is 23.9 Å². The number of pyridine rings is 1. The van der Waals surface area contributed by atoms with Crippen LogP contribution in [0.2, 0.25) is 0 Å². The molecule has 26 heavy (non-hydrogen) atoms. The Morgan fingerprint density at radius 2 is 1.96 bits per heavy atom. The van der Waals surface area contributed by atoms with Gasteiger partial charge in [0.05, 0.1) is 5.25 Å². The number of nitrogens with one attached hydrogen (secondary N) is 1. The fourth-order valence-electron chi connectivity index (χ4n) is 3.73. The smallest absolute Gasteiger partial charge is 0.254 e. The van der Waals surface area contributed by atoms with Gasteiger partial charge in [-0.05, 0) is 37.8 Å². The Labute approximate surface area is 155 Å². The number of amides is 1. The van der Waals surface area contributed by atoms with Gasteiger partial charge < -0.3 is 9.80 Å². The number of aromatic nitrogens is 1. The SMILES string of the molecule is CN(C)c1cc(C(=O)N2CCC[C@@H](S(=O)(=O)NC3CCCC3)C2)ccn1. The summed E-state index contributed by atoms with van der Waals surface area (Å²) in [6.45, 7) is 0.842. The van der Waals surface area contributed by atoms with Crippen LogP contribution in [0.25, 0.3) is 0 Å². The number of anilines is 1. The zero-order chi connectivity index (χ0) is 18.7. The van der Waals surface area contributed by atoms with Crippen molar-refractivity contribution in [2.24, 2.45) is 0 Å². The highest BCUT2D eigenvalue weighted by Crippen LogP contribution is 2.23. The monoisotopic (exact) mass is 380 g/mol. The van der Waals surface area contributed by atoms with Gasteiger partial charge in [-0.15, -0.1) is 0 Å². The highest BCUT2D eigenvalue weighted by molar-refractivity contribution is 7.90. The van der Waals surface area contributed by atoms with Crippen LogP contribution in [0.5, 0.6) is 0 Å². The van der Waals surface area contributed by atoms with Crippen molar-refractivity contribution in [3.8, 4) is 0 Å². The number of carbonyl (C=O) groups excluding carboxylic acids is 1. The Balaban J connectivity index is 1.69. The third-order valence-electron chi connectivity index (χ3n) is 5.24. The second-order valence-corrected chi connectivity index (χ2v) is 9.45. The van der Waals surface area contributed by atoms with Crippen LogP contribution < -0.4 is 9.62 Å². The summed E-state index contributed by atoms with van der Waals surface area (Å²) in [4.78, 5) is 20.6. The van der Waals surface area contributed by atoms with Gasteiger partial charge in [0.25, 0.3) is 5.91 Å². The first-order valence-electron chi connectivity index (χ1n) is 9.30. The summed E-state index contributed by atoms with van der Waals surface area (Å²) < 4.78 is 28.3. The Kier molecular flexibility index (Phi) is 5.82. The molecule has 1 saturated heterocycles. The molecule has 1 atom stereocenters. The molecule has 1 saturated carbocycles. The summed E-state index contributed by atoms with van der Waals surface area (Å²) in [6.07, 6.45) is 6.91. The van der Waals surface area contributed by atoms with Gasteiger partial charge in [0.2, 0.25) is 10.0 Å². The van der Waals surface area contributed by atoms with E-state index >= 15 is 0 Å². The van der Waals surface area contributed by atoms with Crippen LogP contribution in [0.4, 0.5) is 5.82 Å². The average Bonchev–Trinajstić information content (AvgIpc) is 3.13. The molecule has 1 aliphatic carbocycles.